The van der Waals surface area contributed by atoms with Gasteiger partial charge in [0.1, 0.15) is 11.2 Å². The molecule has 12 aromatic carbocycles. The molecule has 0 unspecified atom stereocenters. The fraction of sp³-hybridized carbons (Fsp3) is 0. The molecule has 0 saturated heterocycles. The van der Waals surface area contributed by atoms with Gasteiger partial charge in [-0.25, -0.2) is 0 Å². The molecule has 0 N–H and O–H groups in total. The zero-order valence-electron chi connectivity index (χ0n) is 40.5. The van der Waals surface area contributed by atoms with Crippen LogP contribution in [0, 0.1) is 0 Å². The average Bonchev–Trinajstić information content (AvgIpc) is 3.97. The number of furan rings is 1. The lowest BCUT2D eigenvalue weighted by molar-refractivity contribution is 0.669. The van der Waals surface area contributed by atoms with Gasteiger partial charge in [-0.2, -0.15) is 0 Å². The Kier molecular flexibility index (Phi) is 6.99. The van der Waals surface area contributed by atoms with E-state index < -0.39 is 6.04 Å². The third-order valence-electron chi connectivity index (χ3n) is 13.7. The normalized spacial score (nSPS) is 13.0. The van der Waals surface area contributed by atoms with Crippen molar-refractivity contribution in [2.75, 3.05) is 0 Å². The molecule has 0 radical (unpaired) electrons. The van der Waals surface area contributed by atoms with Crippen LogP contribution >= 0.6 is 0 Å². The Balaban J connectivity index is 0.978. The third kappa shape index (κ3) is 5.36. The number of nitrogens with zero attached hydrogens (tertiary/aromatic N) is 1. The molecule has 0 bridgehead atoms. The summed E-state index contributed by atoms with van der Waals surface area (Å²) in [6.45, 7) is 0. The van der Waals surface area contributed by atoms with E-state index in [2.05, 4.69) is 162 Å². The third-order valence-corrected chi connectivity index (χ3v) is 13.7. The van der Waals surface area contributed by atoms with E-state index in [4.69, 9.17) is 11.3 Å². The van der Waals surface area contributed by atoms with Gasteiger partial charge in [0.25, 0.3) is 0 Å². The second-order valence-corrected chi connectivity index (χ2v) is 17.1. The molecule has 2 aromatic heterocycles. The molecule has 0 fully saturated rings. The molecule has 0 saturated carbocycles. The van der Waals surface area contributed by atoms with Gasteiger partial charge in [-0.05, 0) is 130 Å². The van der Waals surface area contributed by atoms with E-state index in [1.54, 1.807) is 0 Å². The molecule has 14 rings (SSSR count). The maximum Gasteiger partial charge on any atom is 0.136 e. The van der Waals surface area contributed by atoms with E-state index in [0.29, 0.717) is 5.56 Å². The van der Waals surface area contributed by atoms with E-state index in [9.17, 15) is 0 Å². The average molecular weight is 843 g/mol. The highest BCUT2D eigenvalue weighted by Gasteiger charge is 2.22. The van der Waals surface area contributed by atoms with Crippen molar-refractivity contribution in [3.05, 3.63) is 236 Å². The first-order valence-corrected chi connectivity index (χ1v) is 22.3. The lowest BCUT2D eigenvalue weighted by atomic mass is 9.84. The molecular formula is C64H39NO. The van der Waals surface area contributed by atoms with Crippen molar-refractivity contribution in [2.24, 2.45) is 0 Å². The number of benzene rings is 12. The standard InChI is InChI=1S/C64H39NO/c1-2-17-40(18-3-1)60-50-25-8-10-27-52(50)63(53-28-11-9-26-51(53)60)54-29-16-32-59-64(54)55-39-42(35-38-58(55)66-59)62-48-23-6-4-21-46(48)61(47-22-5-7-24-49(47)62)41-33-36-43(37-34-41)65-56-30-14-12-19-44(56)45-20-13-15-31-57(45)65/h1-39H/i1D,2D,3D,17D,18D. The van der Waals surface area contributed by atoms with Crippen molar-refractivity contribution < 1.29 is 11.3 Å². The molecule has 66 heavy (non-hydrogen) atoms. The molecule has 0 aliphatic rings. The van der Waals surface area contributed by atoms with Crippen LogP contribution in [-0.4, -0.2) is 4.57 Å². The van der Waals surface area contributed by atoms with Crippen molar-refractivity contribution in [3.8, 4) is 50.2 Å². The van der Waals surface area contributed by atoms with Crippen LogP contribution in [0.2, 0.25) is 0 Å². The van der Waals surface area contributed by atoms with Crippen LogP contribution < -0.4 is 0 Å². The highest BCUT2D eigenvalue weighted by molar-refractivity contribution is 6.27. The van der Waals surface area contributed by atoms with E-state index in [-0.39, 0.29) is 29.7 Å². The van der Waals surface area contributed by atoms with E-state index >= 15 is 0 Å². The summed E-state index contributed by atoms with van der Waals surface area (Å²) in [5.41, 5.74) is 12.3. The molecule has 0 spiro atoms. The summed E-state index contributed by atoms with van der Waals surface area (Å²) in [7, 11) is 0. The van der Waals surface area contributed by atoms with Crippen LogP contribution in [-0.2, 0) is 0 Å². The number of hydrogen-bond donors (Lipinski definition) is 0. The molecule has 0 aliphatic carbocycles. The Morgan fingerprint density at radius 1 is 0.318 bits per heavy atom. The minimum atomic E-state index is -0.412. The summed E-state index contributed by atoms with van der Waals surface area (Å²) in [5, 5.41) is 12.5. The fourth-order valence-corrected chi connectivity index (χ4v) is 11.0. The number of fused-ring (bicyclic) bond motifs is 10. The molecule has 306 valence electrons. The Bertz CT molecular complexity index is 4390. The summed E-state index contributed by atoms with van der Waals surface area (Å²) >= 11 is 0. The van der Waals surface area contributed by atoms with Crippen LogP contribution in [0.25, 0.3) is 137 Å². The van der Waals surface area contributed by atoms with Gasteiger partial charge < -0.3 is 8.98 Å². The maximum absolute atomic E-state index is 9.06. The van der Waals surface area contributed by atoms with Gasteiger partial charge in [0.15, 0.2) is 0 Å². The summed E-state index contributed by atoms with van der Waals surface area (Å²) in [6, 6.07) is 71.0. The molecule has 14 aromatic rings. The van der Waals surface area contributed by atoms with Crippen molar-refractivity contribution >= 4 is 86.8 Å². The monoisotopic (exact) mass is 842 g/mol. The lowest BCUT2D eigenvalue weighted by Crippen LogP contribution is -1.94. The molecule has 0 amide bonds. The van der Waals surface area contributed by atoms with E-state index in [1.165, 1.54) is 38.1 Å². The Labute approximate surface area is 387 Å². The van der Waals surface area contributed by atoms with Crippen LogP contribution in [0.15, 0.2) is 241 Å². The van der Waals surface area contributed by atoms with Crippen molar-refractivity contribution in [2.45, 2.75) is 0 Å². The Morgan fingerprint density at radius 2 is 0.758 bits per heavy atom. The smallest absolute Gasteiger partial charge is 0.136 e. The number of para-hydroxylation sites is 2. The number of hydrogen-bond acceptors (Lipinski definition) is 1. The van der Waals surface area contributed by atoms with Gasteiger partial charge in [-0.15, -0.1) is 0 Å². The molecule has 2 nitrogen and oxygen atoms in total. The van der Waals surface area contributed by atoms with Gasteiger partial charge in [0.2, 0.25) is 0 Å². The highest BCUT2D eigenvalue weighted by Crippen LogP contribution is 2.49. The van der Waals surface area contributed by atoms with Crippen LogP contribution in [0.1, 0.15) is 6.85 Å². The fourth-order valence-electron chi connectivity index (χ4n) is 11.0. The van der Waals surface area contributed by atoms with Crippen molar-refractivity contribution in [1.82, 2.24) is 4.57 Å². The van der Waals surface area contributed by atoms with Gasteiger partial charge in [-0.1, -0.05) is 194 Å². The first kappa shape index (κ1) is 32.0. The maximum atomic E-state index is 9.06. The summed E-state index contributed by atoms with van der Waals surface area (Å²) in [4.78, 5) is 0. The molecule has 2 heteroatoms. The second-order valence-electron chi connectivity index (χ2n) is 17.1. The summed E-state index contributed by atoms with van der Waals surface area (Å²) < 4.78 is 52.7. The molecular weight excluding hydrogens is 799 g/mol. The van der Waals surface area contributed by atoms with Gasteiger partial charge >= 0.3 is 0 Å². The van der Waals surface area contributed by atoms with E-state index in [0.717, 1.165) is 87.8 Å². The van der Waals surface area contributed by atoms with Gasteiger partial charge in [-0.3, -0.25) is 0 Å². The van der Waals surface area contributed by atoms with E-state index in [1.807, 2.05) is 48.5 Å². The summed E-state index contributed by atoms with van der Waals surface area (Å²) in [5.74, 6) is 0. The predicted octanol–water partition coefficient (Wildman–Crippen LogP) is 18.0. The van der Waals surface area contributed by atoms with Crippen molar-refractivity contribution in [3.63, 3.8) is 0 Å². The zero-order chi connectivity index (χ0) is 47.6. The number of aromatic nitrogens is 1. The largest absolute Gasteiger partial charge is 0.456 e. The van der Waals surface area contributed by atoms with Gasteiger partial charge in [0, 0.05) is 27.2 Å². The molecule has 0 atom stereocenters. The topological polar surface area (TPSA) is 18.1 Å². The van der Waals surface area contributed by atoms with Crippen LogP contribution in [0.3, 0.4) is 0 Å². The minimum Gasteiger partial charge on any atom is -0.456 e. The summed E-state index contributed by atoms with van der Waals surface area (Å²) in [6.07, 6.45) is 0. The number of rotatable bonds is 5. The minimum absolute atomic E-state index is 0.188. The van der Waals surface area contributed by atoms with Crippen LogP contribution in [0.5, 0.6) is 0 Å². The first-order valence-electron chi connectivity index (χ1n) is 24.8. The first-order chi connectivity index (χ1) is 34.9. The Hall–Kier alpha value is -8.72. The van der Waals surface area contributed by atoms with Gasteiger partial charge in [0.05, 0.1) is 17.9 Å². The predicted molar refractivity (Wildman–Crippen MR) is 280 cm³/mol. The zero-order valence-corrected chi connectivity index (χ0v) is 35.5. The molecule has 0 aliphatic heterocycles. The molecule has 2 heterocycles. The quantitative estimate of drug-likeness (QED) is 0.158. The second kappa shape index (κ2) is 14.4. The van der Waals surface area contributed by atoms with Crippen LogP contribution in [0.4, 0.5) is 0 Å². The van der Waals surface area contributed by atoms with Crippen molar-refractivity contribution in [1.29, 1.82) is 0 Å². The SMILES string of the molecule is [2H]c1c([2H])c([2H])c(-c2c3ccccc3c(-c3cccc4oc5ccc(-c6c7ccccc7c(-c7ccc(-n8c9ccccc9c9ccccc98)cc7)c7ccccc67)cc5c34)c3ccccc23)c([2H])c1[2H]. The lowest BCUT2D eigenvalue weighted by Gasteiger charge is -2.19. The Morgan fingerprint density at radius 3 is 1.29 bits per heavy atom. The highest BCUT2D eigenvalue weighted by atomic mass is 16.3.